The highest BCUT2D eigenvalue weighted by Gasteiger charge is 2.28. The molecule has 102 valence electrons. The van der Waals surface area contributed by atoms with Crippen molar-refractivity contribution in [3.05, 3.63) is 11.9 Å². The Bertz CT molecular complexity index is 410. The van der Waals surface area contributed by atoms with Crippen molar-refractivity contribution >= 4 is 17.7 Å². The second-order valence-electron chi connectivity index (χ2n) is 5.48. The van der Waals surface area contributed by atoms with Gasteiger partial charge in [-0.3, -0.25) is 4.90 Å². The summed E-state index contributed by atoms with van der Waals surface area (Å²) < 4.78 is 0.0985. The van der Waals surface area contributed by atoms with E-state index in [4.69, 9.17) is 5.11 Å². The standard InChI is InChI=1S/C12H21N3O2S/c1-12(2,3)18-11-13-7-8(14-11)6-9(10(16)17)15(4)5/h7,9H,6H2,1-5H3,(H,13,14)(H,16,17)/p+1/t9-/m0/s1. The van der Waals surface area contributed by atoms with E-state index in [1.807, 2.05) is 0 Å². The number of rotatable bonds is 5. The topological polar surface area (TPSA) is 71.9 Å². The van der Waals surface area contributed by atoms with E-state index >= 15 is 0 Å². The van der Waals surface area contributed by atoms with Gasteiger partial charge in [-0.1, -0.05) is 32.5 Å². The first-order valence-corrected chi connectivity index (χ1v) is 6.65. The number of likely N-dealkylation sites (N-methyl/N-ethyl adjacent to an activating group) is 1. The Labute approximate surface area is 112 Å². The minimum atomic E-state index is -0.570. The van der Waals surface area contributed by atoms with E-state index in [2.05, 4.69) is 30.7 Å². The number of hydrogen-bond donors (Lipinski definition) is 1. The molecule has 1 aromatic heterocycles. The summed E-state index contributed by atoms with van der Waals surface area (Å²) in [4.78, 5) is 20.5. The van der Waals surface area contributed by atoms with Crippen LogP contribution < -0.4 is 0 Å². The fourth-order valence-electron chi connectivity index (χ4n) is 1.50. The first kappa shape index (κ1) is 15.0. The van der Waals surface area contributed by atoms with Gasteiger partial charge in [0.2, 0.25) is 0 Å². The molecule has 0 saturated heterocycles. The SMILES string of the molecule is CN(C)[C@@H](Cc1cnc(SC(C)(C)C)[nH]1)C(=O)[OH2+]. The molecule has 0 amide bonds. The highest BCUT2D eigenvalue weighted by atomic mass is 32.2. The first-order valence-electron chi connectivity index (χ1n) is 5.84. The summed E-state index contributed by atoms with van der Waals surface area (Å²) in [7, 11) is 3.61. The molecule has 0 aliphatic heterocycles. The van der Waals surface area contributed by atoms with E-state index in [1.165, 1.54) is 0 Å². The molecule has 1 atom stereocenters. The quantitative estimate of drug-likeness (QED) is 0.642. The zero-order chi connectivity index (χ0) is 13.9. The van der Waals surface area contributed by atoms with Crippen LogP contribution in [0.5, 0.6) is 0 Å². The Morgan fingerprint density at radius 2 is 2.17 bits per heavy atom. The lowest BCUT2D eigenvalue weighted by Crippen LogP contribution is -2.37. The monoisotopic (exact) mass is 272 g/mol. The van der Waals surface area contributed by atoms with Crippen LogP contribution in [0.1, 0.15) is 26.5 Å². The van der Waals surface area contributed by atoms with E-state index in [1.54, 1.807) is 37.0 Å². The van der Waals surface area contributed by atoms with Crippen LogP contribution in [0.3, 0.4) is 0 Å². The lowest BCUT2D eigenvalue weighted by atomic mass is 10.1. The van der Waals surface area contributed by atoms with Gasteiger partial charge in [0.25, 0.3) is 0 Å². The molecule has 0 aromatic carbocycles. The van der Waals surface area contributed by atoms with Crippen LogP contribution >= 0.6 is 11.8 Å². The largest absolute Gasteiger partial charge is 0.564 e. The molecule has 0 unspecified atom stereocenters. The van der Waals surface area contributed by atoms with Gasteiger partial charge in [-0.15, -0.1) is 0 Å². The normalized spacial score (nSPS) is 13.9. The van der Waals surface area contributed by atoms with Gasteiger partial charge in [-0.2, -0.15) is 0 Å². The van der Waals surface area contributed by atoms with Gasteiger partial charge >= 0.3 is 5.97 Å². The second-order valence-corrected chi connectivity index (χ2v) is 7.29. The predicted octanol–water partition coefficient (Wildman–Crippen LogP) is 1.02. The Balaban J connectivity index is 2.71. The van der Waals surface area contributed by atoms with Gasteiger partial charge in [0, 0.05) is 27.9 Å². The van der Waals surface area contributed by atoms with Crippen molar-refractivity contribution in [2.75, 3.05) is 14.1 Å². The minimum Gasteiger partial charge on any atom is -0.564 e. The van der Waals surface area contributed by atoms with Crippen molar-refractivity contribution in [1.82, 2.24) is 14.9 Å². The summed E-state index contributed by atoms with van der Waals surface area (Å²) in [5.41, 5.74) is 0.890. The number of nitrogens with zero attached hydrogens (tertiary/aromatic N) is 2. The number of imidazole rings is 1. The number of thioether (sulfide) groups is 1. The number of aromatic nitrogens is 2. The van der Waals surface area contributed by atoms with Gasteiger partial charge in [-0.05, 0) is 14.1 Å². The van der Waals surface area contributed by atoms with Crippen molar-refractivity contribution < 1.29 is 9.90 Å². The molecule has 0 spiro atoms. The van der Waals surface area contributed by atoms with Gasteiger partial charge in [-0.25, -0.2) is 4.98 Å². The van der Waals surface area contributed by atoms with Crippen LogP contribution in [0.15, 0.2) is 11.4 Å². The summed E-state index contributed by atoms with van der Waals surface area (Å²) in [6.45, 7) is 6.36. The molecule has 18 heavy (non-hydrogen) atoms. The average Bonchev–Trinajstić information content (AvgIpc) is 2.58. The van der Waals surface area contributed by atoms with Crippen molar-refractivity contribution in [3.8, 4) is 0 Å². The van der Waals surface area contributed by atoms with E-state index in [0.717, 1.165) is 10.9 Å². The molecular formula is C12H22N3O2S+. The van der Waals surface area contributed by atoms with Gasteiger partial charge in [0.15, 0.2) is 11.2 Å². The molecule has 0 aliphatic carbocycles. The highest BCUT2D eigenvalue weighted by Crippen LogP contribution is 2.29. The maximum Gasteiger partial charge on any atom is 0.533 e. The van der Waals surface area contributed by atoms with Crippen LogP contribution in [0, 0.1) is 0 Å². The molecule has 0 bridgehead atoms. The fourth-order valence-corrected chi connectivity index (χ4v) is 2.37. The van der Waals surface area contributed by atoms with E-state index in [0.29, 0.717) is 6.42 Å². The molecule has 1 aromatic rings. The smallest absolute Gasteiger partial charge is 0.533 e. The number of carbonyl (C=O) groups is 1. The lowest BCUT2D eigenvalue weighted by Gasteiger charge is -2.16. The van der Waals surface area contributed by atoms with Crippen LogP contribution in [0.2, 0.25) is 0 Å². The summed E-state index contributed by atoms with van der Waals surface area (Å²) in [6.07, 6.45) is 2.24. The van der Waals surface area contributed by atoms with Crippen LogP contribution in [0.4, 0.5) is 0 Å². The Morgan fingerprint density at radius 3 is 2.61 bits per heavy atom. The number of carbonyl (C=O) groups excluding carboxylic acids is 1. The predicted molar refractivity (Wildman–Crippen MR) is 74.0 cm³/mol. The van der Waals surface area contributed by atoms with Crippen molar-refractivity contribution in [2.24, 2.45) is 0 Å². The molecule has 1 rings (SSSR count). The number of hydrogen-bond acceptors (Lipinski definition) is 4. The fraction of sp³-hybridized carbons (Fsp3) is 0.667. The third-order valence-electron chi connectivity index (χ3n) is 2.35. The molecule has 0 radical (unpaired) electrons. The van der Waals surface area contributed by atoms with Crippen molar-refractivity contribution in [2.45, 2.75) is 43.1 Å². The molecule has 6 heteroatoms. The number of aromatic amines is 1. The Kier molecular flexibility index (Phi) is 4.81. The third-order valence-corrected chi connectivity index (χ3v) is 3.36. The molecule has 0 fully saturated rings. The summed E-state index contributed by atoms with van der Waals surface area (Å²) in [6, 6.07) is -0.419. The zero-order valence-electron chi connectivity index (χ0n) is 11.6. The maximum absolute atomic E-state index is 11.2. The van der Waals surface area contributed by atoms with Crippen LogP contribution in [-0.2, 0) is 11.2 Å². The highest BCUT2D eigenvalue weighted by molar-refractivity contribution is 8.00. The second kappa shape index (κ2) is 5.75. The van der Waals surface area contributed by atoms with Crippen LogP contribution in [0.25, 0.3) is 0 Å². The molecule has 1 heterocycles. The number of H-pyrrole nitrogens is 1. The molecule has 0 aliphatic rings. The molecule has 0 saturated carbocycles. The van der Waals surface area contributed by atoms with Crippen molar-refractivity contribution in [3.63, 3.8) is 0 Å². The zero-order valence-corrected chi connectivity index (χ0v) is 12.4. The minimum absolute atomic E-state index is 0.0985. The third kappa shape index (κ3) is 4.70. The Hall–Kier alpha value is -1.01. The van der Waals surface area contributed by atoms with Gasteiger partial charge in [0.1, 0.15) is 0 Å². The summed E-state index contributed by atoms with van der Waals surface area (Å²) in [5.74, 6) is -0.570. The van der Waals surface area contributed by atoms with E-state index < -0.39 is 12.0 Å². The van der Waals surface area contributed by atoms with E-state index in [9.17, 15) is 4.79 Å². The maximum atomic E-state index is 11.2. The Morgan fingerprint density at radius 1 is 1.56 bits per heavy atom. The van der Waals surface area contributed by atoms with Crippen molar-refractivity contribution in [1.29, 1.82) is 0 Å². The number of nitrogens with one attached hydrogen (secondary N) is 1. The summed E-state index contributed by atoms with van der Waals surface area (Å²) in [5, 5.41) is 8.10. The van der Waals surface area contributed by atoms with Crippen LogP contribution in [-0.4, -0.2) is 50.8 Å². The lowest BCUT2D eigenvalue weighted by molar-refractivity contribution is -0.142. The average molecular weight is 272 g/mol. The first-order chi connectivity index (χ1) is 8.19. The van der Waals surface area contributed by atoms with E-state index in [-0.39, 0.29) is 4.75 Å². The van der Waals surface area contributed by atoms with Gasteiger partial charge < -0.3 is 10.1 Å². The van der Waals surface area contributed by atoms with Gasteiger partial charge in [0.05, 0.1) is 0 Å². The molecular weight excluding hydrogens is 250 g/mol. The molecule has 3 N–H and O–H groups in total. The summed E-state index contributed by atoms with van der Waals surface area (Å²) >= 11 is 1.65. The molecule has 5 nitrogen and oxygen atoms in total.